The monoisotopic (exact) mass is 288 g/mol. The summed E-state index contributed by atoms with van der Waals surface area (Å²) >= 11 is 11.9. The van der Waals surface area contributed by atoms with Crippen LogP contribution in [0, 0.1) is 0 Å². The summed E-state index contributed by atoms with van der Waals surface area (Å²) in [7, 11) is 1.65. The van der Waals surface area contributed by atoms with Crippen molar-refractivity contribution in [3.8, 4) is 0 Å². The van der Waals surface area contributed by atoms with Crippen molar-refractivity contribution in [2.75, 3.05) is 20.1 Å². The highest BCUT2D eigenvalue weighted by molar-refractivity contribution is 6.43. The second-order valence-corrected chi connectivity index (χ2v) is 5.10. The zero-order chi connectivity index (χ0) is 13.3. The third-order valence-electron chi connectivity index (χ3n) is 3.15. The smallest absolute Gasteiger partial charge is 0.255 e. The normalized spacial score (nSPS) is 23.1. The molecule has 4 nitrogen and oxygen atoms in total. The maximum atomic E-state index is 12.3. The number of hydrogen-bond acceptors (Lipinski definition) is 3. The van der Waals surface area contributed by atoms with E-state index in [-0.39, 0.29) is 17.0 Å². The predicted octanol–water partition coefficient (Wildman–Crippen LogP) is 1.40. The number of carbonyl (C=O) groups excluding carboxylic acids is 1. The number of aliphatic hydroxyl groups is 1. The van der Waals surface area contributed by atoms with E-state index in [0.29, 0.717) is 23.7 Å². The molecular weight excluding hydrogens is 275 g/mol. The lowest BCUT2D eigenvalue weighted by Gasteiger charge is -2.26. The molecule has 0 spiro atoms. The third kappa shape index (κ3) is 2.47. The van der Waals surface area contributed by atoms with E-state index >= 15 is 0 Å². The lowest BCUT2D eigenvalue weighted by molar-refractivity contribution is 0.0581. The number of halogens is 2. The average molecular weight is 289 g/mol. The van der Waals surface area contributed by atoms with Gasteiger partial charge in [0.25, 0.3) is 5.91 Å². The van der Waals surface area contributed by atoms with Crippen LogP contribution in [0.3, 0.4) is 0 Å². The maximum Gasteiger partial charge on any atom is 0.255 e. The number of hydrogen-bond donors (Lipinski definition) is 2. The summed E-state index contributed by atoms with van der Waals surface area (Å²) in [4.78, 5) is 13.8. The van der Waals surface area contributed by atoms with Gasteiger partial charge < -0.3 is 15.3 Å². The number of likely N-dealkylation sites (N-methyl/N-ethyl adjacent to an activating group) is 1. The molecule has 0 aliphatic carbocycles. The fourth-order valence-corrected chi connectivity index (χ4v) is 2.44. The quantitative estimate of drug-likeness (QED) is 0.865. The Balaban J connectivity index is 2.23. The molecule has 1 heterocycles. The Morgan fingerprint density at radius 1 is 1.44 bits per heavy atom. The largest absolute Gasteiger partial charge is 0.390 e. The molecule has 2 rings (SSSR count). The Labute approximate surface area is 115 Å². The van der Waals surface area contributed by atoms with E-state index in [1.165, 1.54) is 4.90 Å². The molecule has 0 saturated carbocycles. The Bertz CT molecular complexity index is 467. The van der Waals surface area contributed by atoms with Gasteiger partial charge >= 0.3 is 0 Å². The van der Waals surface area contributed by atoms with Crippen molar-refractivity contribution in [3.05, 3.63) is 33.8 Å². The van der Waals surface area contributed by atoms with Crippen LogP contribution in [-0.4, -0.2) is 48.2 Å². The standard InChI is InChI=1S/C12H14Cl2N2O2/c1-16(9-5-15-6-10(9)17)12(18)7-3-2-4-8(13)11(7)14/h2-4,9-10,15,17H,5-6H2,1H3/t9-,10-/m1/s1. The van der Waals surface area contributed by atoms with Crippen molar-refractivity contribution < 1.29 is 9.90 Å². The van der Waals surface area contributed by atoms with Gasteiger partial charge in [-0.1, -0.05) is 29.3 Å². The van der Waals surface area contributed by atoms with E-state index < -0.39 is 6.10 Å². The van der Waals surface area contributed by atoms with Gasteiger partial charge in [0.1, 0.15) is 0 Å². The van der Waals surface area contributed by atoms with Gasteiger partial charge in [-0.05, 0) is 12.1 Å². The molecule has 18 heavy (non-hydrogen) atoms. The molecule has 1 fully saturated rings. The Morgan fingerprint density at radius 3 is 2.78 bits per heavy atom. The SMILES string of the molecule is CN(C(=O)c1cccc(Cl)c1Cl)[C@@H]1CNC[C@H]1O. The van der Waals surface area contributed by atoms with Crippen LogP contribution in [-0.2, 0) is 0 Å². The fourth-order valence-electron chi connectivity index (χ4n) is 2.06. The van der Waals surface area contributed by atoms with Crippen LogP contribution < -0.4 is 5.32 Å². The van der Waals surface area contributed by atoms with Crippen molar-refractivity contribution in [1.29, 1.82) is 0 Å². The highest BCUT2D eigenvalue weighted by Crippen LogP contribution is 2.27. The molecule has 2 atom stereocenters. The Morgan fingerprint density at radius 2 is 2.17 bits per heavy atom. The van der Waals surface area contributed by atoms with Crippen LogP contribution in [0.25, 0.3) is 0 Å². The molecule has 1 aromatic carbocycles. The van der Waals surface area contributed by atoms with Crippen molar-refractivity contribution in [1.82, 2.24) is 10.2 Å². The van der Waals surface area contributed by atoms with Gasteiger partial charge in [0.2, 0.25) is 0 Å². The first kappa shape index (κ1) is 13.6. The van der Waals surface area contributed by atoms with Crippen LogP contribution in [0.2, 0.25) is 10.0 Å². The lowest BCUT2D eigenvalue weighted by atomic mass is 10.1. The van der Waals surface area contributed by atoms with Crippen LogP contribution in [0.15, 0.2) is 18.2 Å². The third-order valence-corrected chi connectivity index (χ3v) is 3.97. The summed E-state index contributed by atoms with van der Waals surface area (Å²) in [6.07, 6.45) is -0.558. The molecule has 98 valence electrons. The number of amides is 1. The molecule has 0 aromatic heterocycles. The summed E-state index contributed by atoms with van der Waals surface area (Å²) in [5.74, 6) is -0.241. The highest BCUT2D eigenvalue weighted by atomic mass is 35.5. The van der Waals surface area contributed by atoms with Gasteiger partial charge in [-0.3, -0.25) is 4.79 Å². The predicted molar refractivity (Wildman–Crippen MR) is 71.2 cm³/mol. The molecule has 0 unspecified atom stereocenters. The number of benzene rings is 1. The van der Waals surface area contributed by atoms with Crippen molar-refractivity contribution >= 4 is 29.1 Å². The molecule has 1 amide bonds. The molecule has 1 aliphatic rings. The first-order chi connectivity index (χ1) is 8.52. The number of carbonyl (C=O) groups is 1. The zero-order valence-corrected chi connectivity index (χ0v) is 11.4. The minimum atomic E-state index is -0.558. The second kappa shape index (κ2) is 5.45. The van der Waals surface area contributed by atoms with Crippen LogP contribution >= 0.6 is 23.2 Å². The van der Waals surface area contributed by atoms with E-state index in [4.69, 9.17) is 23.2 Å². The first-order valence-electron chi connectivity index (χ1n) is 5.62. The molecule has 1 aliphatic heterocycles. The summed E-state index contributed by atoms with van der Waals surface area (Å²) in [5.41, 5.74) is 0.353. The van der Waals surface area contributed by atoms with Crippen molar-refractivity contribution in [2.24, 2.45) is 0 Å². The molecule has 0 bridgehead atoms. The van der Waals surface area contributed by atoms with E-state index in [2.05, 4.69) is 5.32 Å². The van der Waals surface area contributed by atoms with Gasteiger partial charge in [-0.15, -0.1) is 0 Å². The van der Waals surface area contributed by atoms with E-state index in [1.807, 2.05) is 0 Å². The number of aliphatic hydroxyl groups excluding tert-OH is 1. The topological polar surface area (TPSA) is 52.6 Å². The van der Waals surface area contributed by atoms with E-state index in [1.54, 1.807) is 25.2 Å². The molecule has 6 heteroatoms. The number of rotatable bonds is 2. The maximum absolute atomic E-state index is 12.3. The highest BCUT2D eigenvalue weighted by Gasteiger charge is 2.32. The summed E-state index contributed by atoms with van der Waals surface area (Å²) in [6, 6.07) is 4.69. The lowest BCUT2D eigenvalue weighted by Crippen LogP contribution is -2.44. The Kier molecular flexibility index (Phi) is 4.12. The minimum absolute atomic E-state index is 0.241. The van der Waals surface area contributed by atoms with Gasteiger partial charge in [0.05, 0.1) is 27.8 Å². The van der Waals surface area contributed by atoms with Gasteiger partial charge in [-0.25, -0.2) is 0 Å². The molecule has 1 aromatic rings. The van der Waals surface area contributed by atoms with Crippen molar-refractivity contribution in [2.45, 2.75) is 12.1 Å². The van der Waals surface area contributed by atoms with Crippen LogP contribution in [0.1, 0.15) is 10.4 Å². The average Bonchev–Trinajstić information content (AvgIpc) is 2.77. The molecule has 1 saturated heterocycles. The van der Waals surface area contributed by atoms with Gasteiger partial charge in [0, 0.05) is 20.1 Å². The van der Waals surface area contributed by atoms with Gasteiger partial charge in [0.15, 0.2) is 0 Å². The Hall–Kier alpha value is -0.810. The first-order valence-corrected chi connectivity index (χ1v) is 6.38. The zero-order valence-electron chi connectivity index (χ0n) is 9.86. The number of nitrogens with zero attached hydrogens (tertiary/aromatic N) is 1. The molecule has 2 N–H and O–H groups in total. The van der Waals surface area contributed by atoms with Crippen LogP contribution in [0.4, 0.5) is 0 Å². The number of β-amino-alcohol motifs (C(OH)–C–C–N with tert-alkyl or cyclic N) is 1. The molecular formula is C12H14Cl2N2O2. The van der Waals surface area contributed by atoms with E-state index in [0.717, 1.165) is 0 Å². The van der Waals surface area contributed by atoms with Crippen LogP contribution in [0.5, 0.6) is 0 Å². The molecule has 0 radical (unpaired) electrons. The van der Waals surface area contributed by atoms with E-state index in [9.17, 15) is 9.90 Å². The summed E-state index contributed by atoms with van der Waals surface area (Å²) in [5, 5.41) is 13.4. The fraction of sp³-hybridized carbons (Fsp3) is 0.417. The summed E-state index contributed by atoms with van der Waals surface area (Å²) in [6.45, 7) is 1.06. The van der Waals surface area contributed by atoms with Crippen molar-refractivity contribution in [3.63, 3.8) is 0 Å². The minimum Gasteiger partial charge on any atom is -0.390 e. The van der Waals surface area contributed by atoms with Gasteiger partial charge in [-0.2, -0.15) is 0 Å². The second-order valence-electron chi connectivity index (χ2n) is 4.31. The summed E-state index contributed by atoms with van der Waals surface area (Å²) < 4.78 is 0. The number of nitrogens with one attached hydrogen (secondary N) is 1.